The predicted octanol–water partition coefficient (Wildman–Crippen LogP) is -0.748. The lowest BCUT2D eigenvalue weighted by Crippen LogP contribution is -2.36. The van der Waals surface area contributed by atoms with Crippen LogP contribution in [0.25, 0.3) is 0 Å². The van der Waals surface area contributed by atoms with Crippen LogP contribution in [0, 0.1) is 0 Å². The lowest BCUT2D eigenvalue weighted by molar-refractivity contribution is -0.201. The molecule has 0 aliphatic heterocycles. The number of ether oxygens (including phenoxy) is 1. The van der Waals surface area contributed by atoms with Crippen LogP contribution >= 0.6 is 0 Å². The molecule has 0 aromatic heterocycles. The quantitative estimate of drug-likeness (QED) is 0.347. The second kappa shape index (κ2) is 4.19. The fraction of sp³-hybridized carbons (Fsp3) is 0.600. The van der Waals surface area contributed by atoms with Gasteiger partial charge in [0.05, 0.1) is 12.6 Å². The van der Waals surface area contributed by atoms with Crippen LogP contribution in [0.2, 0.25) is 0 Å². The first-order valence-corrected chi connectivity index (χ1v) is 3.06. The van der Waals surface area contributed by atoms with Crippen molar-refractivity contribution >= 4 is 11.9 Å². The molecule has 0 radical (unpaired) electrons. The van der Waals surface area contributed by atoms with Crippen LogP contribution in [-0.2, 0) is 14.3 Å². The van der Waals surface area contributed by atoms with Crippen molar-refractivity contribution in [2.75, 3.05) is 0 Å². The van der Waals surface area contributed by atoms with E-state index in [0.717, 1.165) is 0 Å². The van der Waals surface area contributed by atoms with Crippen molar-refractivity contribution < 1.29 is 27.5 Å². The van der Waals surface area contributed by atoms with Crippen molar-refractivity contribution in [2.45, 2.75) is 18.8 Å². The number of hydrogen-bond acceptors (Lipinski definition) is 5. The number of rotatable bonds is 2. The van der Waals surface area contributed by atoms with Gasteiger partial charge in [-0.2, -0.15) is 13.2 Å². The van der Waals surface area contributed by atoms with E-state index in [1.165, 1.54) is 0 Å². The van der Waals surface area contributed by atoms with Gasteiger partial charge in [0.1, 0.15) is 0 Å². The molecule has 13 heavy (non-hydrogen) atoms. The average Bonchev–Trinajstić information content (AvgIpc) is 1.82. The highest BCUT2D eigenvalue weighted by Gasteiger charge is 2.42. The molecular weight excluding hydrogens is 193 g/mol. The van der Waals surface area contributed by atoms with Gasteiger partial charge in [0.2, 0.25) is 0 Å². The Morgan fingerprint density at radius 2 is 1.77 bits per heavy atom. The van der Waals surface area contributed by atoms with Gasteiger partial charge in [-0.25, -0.2) is 4.79 Å². The van der Waals surface area contributed by atoms with Gasteiger partial charge < -0.3 is 16.2 Å². The number of alkyl halides is 3. The van der Waals surface area contributed by atoms with Crippen molar-refractivity contribution in [2.24, 2.45) is 11.5 Å². The number of nitrogens with two attached hydrogens (primary N) is 2. The molecule has 0 aliphatic rings. The van der Waals surface area contributed by atoms with Crippen LogP contribution < -0.4 is 11.5 Å². The fourth-order valence-corrected chi connectivity index (χ4v) is 0.395. The summed E-state index contributed by atoms with van der Waals surface area (Å²) in [5.41, 5.74) is 9.72. The Bertz CT molecular complexity index is 214. The van der Waals surface area contributed by atoms with E-state index < -0.39 is 30.7 Å². The summed E-state index contributed by atoms with van der Waals surface area (Å²) in [5, 5.41) is 0. The Hall–Kier alpha value is -1.15. The molecule has 0 fully saturated rings. The number of carbonyl (C=O) groups excluding carboxylic acids is 2. The molecule has 0 spiro atoms. The summed E-state index contributed by atoms with van der Waals surface area (Å²) in [7, 11) is 0. The van der Waals surface area contributed by atoms with E-state index in [-0.39, 0.29) is 0 Å². The number of hydrogen-bond donors (Lipinski definition) is 2. The third-order valence-corrected chi connectivity index (χ3v) is 0.840. The molecule has 0 heterocycles. The molecule has 0 aromatic rings. The van der Waals surface area contributed by atoms with Gasteiger partial charge >= 0.3 is 18.1 Å². The molecular formula is C5H7F3N2O3. The monoisotopic (exact) mass is 200 g/mol. The zero-order valence-electron chi connectivity index (χ0n) is 6.30. The van der Waals surface area contributed by atoms with Crippen molar-refractivity contribution in [1.29, 1.82) is 0 Å². The Labute approximate surface area is 70.8 Å². The molecule has 0 rings (SSSR count). The zero-order chi connectivity index (χ0) is 10.6. The summed E-state index contributed by atoms with van der Waals surface area (Å²) in [4.78, 5) is 20.4. The first-order valence-electron chi connectivity index (χ1n) is 3.06. The summed E-state index contributed by atoms with van der Waals surface area (Å²) in [6.45, 7) is 0. The van der Waals surface area contributed by atoms with Crippen LogP contribution in [0.5, 0.6) is 0 Å². The second-order valence-corrected chi connectivity index (χ2v) is 2.13. The Balaban J connectivity index is 4.01. The normalized spacial score (nSPS) is 11.5. The summed E-state index contributed by atoms with van der Waals surface area (Å²) in [5.74, 6) is -3.98. The molecule has 0 aliphatic carbocycles. The first kappa shape index (κ1) is 11.8. The molecule has 4 N–H and O–H groups in total. The third kappa shape index (κ3) is 5.15. The van der Waals surface area contributed by atoms with Gasteiger partial charge in [0.15, 0.2) is 0 Å². The van der Waals surface area contributed by atoms with Gasteiger partial charge in [-0.3, -0.25) is 4.79 Å². The van der Waals surface area contributed by atoms with Crippen molar-refractivity contribution in [1.82, 2.24) is 0 Å². The molecule has 0 saturated carbocycles. The van der Waals surface area contributed by atoms with Crippen LogP contribution in [0.15, 0.2) is 0 Å². The SMILES string of the molecule is NC(N)CC(=O)OC(=O)C(F)(F)F. The van der Waals surface area contributed by atoms with Gasteiger partial charge in [-0.05, 0) is 0 Å². The molecule has 5 nitrogen and oxygen atoms in total. The molecule has 8 heteroatoms. The molecule has 0 saturated heterocycles. The fourth-order valence-electron chi connectivity index (χ4n) is 0.395. The topological polar surface area (TPSA) is 95.4 Å². The maximum absolute atomic E-state index is 11.5. The third-order valence-electron chi connectivity index (χ3n) is 0.840. The Morgan fingerprint density at radius 3 is 2.08 bits per heavy atom. The largest absolute Gasteiger partial charge is 0.491 e. The van der Waals surface area contributed by atoms with Gasteiger partial charge in [-0.1, -0.05) is 0 Å². The number of carbonyl (C=O) groups is 2. The van der Waals surface area contributed by atoms with Crippen molar-refractivity contribution in [3.05, 3.63) is 0 Å². The molecule has 0 unspecified atom stereocenters. The van der Waals surface area contributed by atoms with Gasteiger partial charge in [-0.15, -0.1) is 0 Å². The van der Waals surface area contributed by atoms with E-state index >= 15 is 0 Å². The van der Waals surface area contributed by atoms with Crippen molar-refractivity contribution in [3.8, 4) is 0 Å². The minimum atomic E-state index is -5.19. The van der Waals surface area contributed by atoms with Gasteiger partial charge in [0.25, 0.3) is 0 Å². The summed E-state index contributed by atoms with van der Waals surface area (Å²) in [6, 6.07) is 0. The second-order valence-electron chi connectivity index (χ2n) is 2.13. The zero-order valence-corrected chi connectivity index (χ0v) is 6.30. The lowest BCUT2D eigenvalue weighted by atomic mass is 10.4. The highest BCUT2D eigenvalue weighted by molar-refractivity contribution is 5.88. The molecule has 0 bridgehead atoms. The van der Waals surface area contributed by atoms with E-state index in [0.29, 0.717) is 0 Å². The van der Waals surface area contributed by atoms with E-state index in [1.807, 2.05) is 0 Å². The standard InChI is InChI=1S/C5H7F3N2O3/c6-5(7,8)4(12)13-3(11)1-2(9)10/h2H,1,9-10H2. The predicted molar refractivity (Wildman–Crippen MR) is 33.9 cm³/mol. The molecule has 0 aromatic carbocycles. The molecule has 76 valence electrons. The molecule has 0 amide bonds. The van der Waals surface area contributed by atoms with Crippen LogP contribution in [0.1, 0.15) is 6.42 Å². The van der Waals surface area contributed by atoms with E-state index in [4.69, 9.17) is 11.5 Å². The number of halogens is 3. The Kier molecular flexibility index (Phi) is 3.82. The Morgan fingerprint density at radius 1 is 1.31 bits per heavy atom. The molecule has 0 atom stereocenters. The van der Waals surface area contributed by atoms with Crippen LogP contribution in [0.3, 0.4) is 0 Å². The highest BCUT2D eigenvalue weighted by atomic mass is 19.4. The van der Waals surface area contributed by atoms with E-state index in [2.05, 4.69) is 4.74 Å². The highest BCUT2D eigenvalue weighted by Crippen LogP contribution is 2.16. The van der Waals surface area contributed by atoms with E-state index in [9.17, 15) is 22.8 Å². The summed E-state index contributed by atoms with van der Waals surface area (Å²) in [6.07, 6.45) is -6.98. The van der Waals surface area contributed by atoms with Gasteiger partial charge in [0, 0.05) is 0 Å². The number of esters is 2. The smallest absolute Gasteiger partial charge is 0.386 e. The first-order chi connectivity index (χ1) is 5.73. The van der Waals surface area contributed by atoms with Crippen LogP contribution in [-0.4, -0.2) is 24.3 Å². The maximum Gasteiger partial charge on any atom is 0.491 e. The lowest BCUT2D eigenvalue weighted by Gasteiger charge is -2.06. The average molecular weight is 200 g/mol. The van der Waals surface area contributed by atoms with Crippen molar-refractivity contribution in [3.63, 3.8) is 0 Å². The minimum absolute atomic E-state index is 0.651. The minimum Gasteiger partial charge on any atom is -0.386 e. The van der Waals surface area contributed by atoms with E-state index in [1.54, 1.807) is 0 Å². The van der Waals surface area contributed by atoms with Crippen LogP contribution in [0.4, 0.5) is 13.2 Å². The maximum atomic E-state index is 11.5. The summed E-state index contributed by atoms with van der Waals surface area (Å²) < 4.78 is 37.7. The summed E-state index contributed by atoms with van der Waals surface area (Å²) >= 11 is 0.